The van der Waals surface area contributed by atoms with E-state index < -0.39 is 18.3 Å². The average molecular weight is 383 g/mol. The van der Waals surface area contributed by atoms with Crippen LogP contribution in [0.5, 0.6) is 0 Å². The highest BCUT2D eigenvalue weighted by atomic mass is 31.2. The highest BCUT2D eigenvalue weighted by Crippen LogP contribution is 2.68. The summed E-state index contributed by atoms with van der Waals surface area (Å²) in [7, 11) is -3.25. The summed E-state index contributed by atoms with van der Waals surface area (Å²) in [6, 6.07) is 18.5. The molecule has 140 valence electrons. The van der Waals surface area contributed by atoms with Crippen LogP contribution < -0.4 is 15.9 Å². The van der Waals surface area contributed by atoms with Crippen LogP contribution in [0.2, 0.25) is 0 Å². The summed E-state index contributed by atoms with van der Waals surface area (Å²) in [5.41, 5.74) is 0. The molecule has 2 aliphatic rings. The zero-order valence-electron chi connectivity index (χ0n) is 15.0. The van der Waals surface area contributed by atoms with Crippen LogP contribution in [0, 0.1) is 0 Å². The Kier molecular flexibility index (Phi) is 4.65. The third-order valence-corrected chi connectivity index (χ3v) is 9.11. The van der Waals surface area contributed by atoms with Gasteiger partial charge in [-0.05, 0) is 25.7 Å². The maximum absolute atomic E-state index is 14.4. The van der Waals surface area contributed by atoms with E-state index in [1.807, 2.05) is 36.4 Å². The molecular weight excluding hydrogens is 361 g/mol. The molecule has 0 unspecified atom stereocenters. The largest absolute Gasteiger partial charge is 0.455 e. The molecule has 0 aromatic heterocycles. The monoisotopic (exact) mass is 383 g/mol. The van der Waals surface area contributed by atoms with Crippen molar-refractivity contribution in [1.82, 2.24) is 5.32 Å². The fraction of sp³-hybridized carbons (Fsp3) is 0.333. The fourth-order valence-corrected chi connectivity index (χ4v) is 6.98. The zero-order valence-corrected chi connectivity index (χ0v) is 15.9. The fourth-order valence-electron chi connectivity index (χ4n) is 3.45. The van der Waals surface area contributed by atoms with Crippen LogP contribution in [0.25, 0.3) is 0 Å². The Morgan fingerprint density at radius 1 is 0.963 bits per heavy atom. The molecule has 2 aliphatic carbocycles. The van der Waals surface area contributed by atoms with Crippen molar-refractivity contribution in [3.05, 3.63) is 60.7 Å². The Hall–Kier alpha value is -2.39. The van der Waals surface area contributed by atoms with Gasteiger partial charge in [-0.2, -0.15) is 0 Å². The smallest absolute Gasteiger partial charge is 0.320 e. The van der Waals surface area contributed by atoms with Crippen LogP contribution in [-0.4, -0.2) is 29.7 Å². The molecule has 2 saturated carbocycles. The van der Waals surface area contributed by atoms with Gasteiger partial charge in [-0.25, -0.2) is 0 Å². The van der Waals surface area contributed by atoms with Gasteiger partial charge in [0.2, 0.25) is 0 Å². The Labute approximate surface area is 158 Å². The summed E-state index contributed by atoms with van der Waals surface area (Å²) < 4.78 is 19.7. The highest BCUT2D eigenvalue weighted by molar-refractivity contribution is 7.81. The summed E-state index contributed by atoms with van der Waals surface area (Å²) >= 11 is 0. The van der Waals surface area contributed by atoms with E-state index in [0.717, 1.165) is 12.8 Å². The minimum absolute atomic E-state index is 0.214. The van der Waals surface area contributed by atoms with Crippen molar-refractivity contribution in [3.63, 3.8) is 0 Å². The second-order valence-electron chi connectivity index (χ2n) is 7.23. The van der Waals surface area contributed by atoms with Crippen LogP contribution >= 0.6 is 7.14 Å². The molecule has 2 aromatic rings. The van der Waals surface area contributed by atoms with Gasteiger partial charge in [-0.15, -0.1) is 0 Å². The molecule has 2 aromatic carbocycles. The van der Waals surface area contributed by atoms with E-state index >= 15 is 0 Å². The average Bonchev–Trinajstić information content (AvgIpc) is 3.62. The molecule has 1 amide bonds. The van der Waals surface area contributed by atoms with Crippen LogP contribution in [0.1, 0.15) is 25.7 Å². The molecular formula is C21H22NO4P. The second kappa shape index (κ2) is 6.97. The predicted molar refractivity (Wildman–Crippen MR) is 104 cm³/mol. The quantitative estimate of drug-likeness (QED) is 0.589. The molecule has 2 fully saturated rings. The Bertz CT molecular complexity index is 845. The Morgan fingerprint density at radius 3 is 1.93 bits per heavy atom. The standard InChI is InChI=1S/C21H22NO4P/c23-19(22-16-11-12-16)15-26-20(24)21(13-14-21)27(25,17-7-3-1-4-8-17)18-9-5-2-6-10-18/h1-10,16H,11-15H2,(H,22,23). The molecule has 0 heterocycles. The first-order valence-corrected chi connectivity index (χ1v) is 10.9. The van der Waals surface area contributed by atoms with Crippen LogP contribution in [0.4, 0.5) is 0 Å². The molecule has 0 radical (unpaired) electrons. The molecule has 5 nitrogen and oxygen atoms in total. The minimum Gasteiger partial charge on any atom is -0.455 e. The summed E-state index contributed by atoms with van der Waals surface area (Å²) in [6.07, 6.45) is 2.94. The number of carbonyl (C=O) groups excluding carboxylic acids is 2. The summed E-state index contributed by atoms with van der Waals surface area (Å²) in [4.78, 5) is 24.8. The van der Waals surface area contributed by atoms with Crippen molar-refractivity contribution in [2.24, 2.45) is 0 Å². The normalized spacial score (nSPS) is 17.8. The third kappa shape index (κ3) is 3.32. The van der Waals surface area contributed by atoms with E-state index in [2.05, 4.69) is 5.32 Å². The van der Waals surface area contributed by atoms with Gasteiger partial charge in [-0.1, -0.05) is 60.7 Å². The van der Waals surface area contributed by atoms with Crippen molar-refractivity contribution < 1.29 is 18.9 Å². The number of esters is 1. The summed E-state index contributed by atoms with van der Waals surface area (Å²) in [6.45, 7) is -0.319. The van der Waals surface area contributed by atoms with Crippen molar-refractivity contribution in [3.8, 4) is 0 Å². The molecule has 0 atom stereocenters. The number of benzene rings is 2. The lowest BCUT2D eigenvalue weighted by Crippen LogP contribution is -2.37. The number of rotatable bonds is 7. The number of ether oxygens (including phenoxy) is 1. The summed E-state index contributed by atoms with van der Waals surface area (Å²) in [5.74, 6) is -0.833. The molecule has 4 rings (SSSR count). The number of nitrogens with one attached hydrogen (secondary N) is 1. The number of carbonyl (C=O) groups is 2. The van der Waals surface area contributed by atoms with Gasteiger partial charge in [0.05, 0.1) is 0 Å². The first-order chi connectivity index (χ1) is 13.1. The molecule has 0 saturated heterocycles. The molecule has 1 N–H and O–H groups in total. The van der Waals surface area contributed by atoms with Crippen molar-refractivity contribution in [2.45, 2.75) is 36.9 Å². The lowest BCUT2D eigenvalue weighted by atomic mass is 10.4. The molecule has 0 bridgehead atoms. The van der Waals surface area contributed by atoms with Crippen LogP contribution in [0.15, 0.2) is 60.7 Å². The van der Waals surface area contributed by atoms with Crippen LogP contribution in [-0.2, 0) is 18.9 Å². The summed E-state index contributed by atoms with van der Waals surface area (Å²) in [5, 5.41) is 3.02. The molecule has 0 aliphatic heterocycles. The van der Waals surface area contributed by atoms with Gasteiger partial charge >= 0.3 is 5.97 Å². The van der Waals surface area contributed by atoms with E-state index in [4.69, 9.17) is 4.74 Å². The van der Waals surface area contributed by atoms with Gasteiger partial charge in [0, 0.05) is 16.7 Å². The van der Waals surface area contributed by atoms with Crippen molar-refractivity contribution in [2.75, 3.05) is 6.61 Å². The van der Waals surface area contributed by atoms with Gasteiger partial charge in [0.1, 0.15) is 5.16 Å². The SMILES string of the molecule is O=C(COC(=O)C1(P(=O)(c2ccccc2)c2ccccc2)CC1)NC1CC1. The minimum atomic E-state index is -3.25. The zero-order chi connectivity index (χ0) is 18.9. The Morgan fingerprint density at radius 2 is 1.48 bits per heavy atom. The number of amides is 1. The Balaban J connectivity index is 1.62. The van der Waals surface area contributed by atoms with Crippen molar-refractivity contribution in [1.29, 1.82) is 0 Å². The van der Waals surface area contributed by atoms with Gasteiger partial charge in [0.15, 0.2) is 13.7 Å². The molecule has 6 heteroatoms. The second-order valence-corrected chi connectivity index (χ2v) is 10.3. The first kappa shape index (κ1) is 18.0. The maximum Gasteiger partial charge on any atom is 0.320 e. The third-order valence-electron chi connectivity index (χ3n) is 5.22. The van der Waals surface area contributed by atoms with E-state index in [1.165, 1.54) is 0 Å². The number of hydrogen-bond donors (Lipinski definition) is 1. The topological polar surface area (TPSA) is 72.5 Å². The highest BCUT2D eigenvalue weighted by Gasteiger charge is 2.65. The van der Waals surface area contributed by atoms with E-state index in [1.54, 1.807) is 24.3 Å². The predicted octanol–water partition coefficient (Wildman–Crippen LogP) is 2.35. The van der Waals surface area contributed by atoms with Gasteiger partial charge < -0.3 is 14.6 Å². The maximum atomic E-state index is 14.4. The molecule has 0 spiro atoms. The first-order valence-electron chi connectivity index (χ1n) is 9.24. The lowest BCUT2D eigenvalue weighted by molar-refractivity contribution is -0.148. The van der Waals surface area contributed by atoms with Gasteiger partial charge in [-0.3, -0.25) is 9.59 Å². The van der Waals surface area contributed by atoms with E-state index in [-0.39, 0.29) is 18.6 Å². The van der Waals surface area contributed by atoms with Crippen LogP contribution in [0.3, 0.4) is 0 Å². The van der Waals surface area contributed by atoms with E-state index in [0.29, 0.717) is 23.5 Å². The van der Waals surface area contributed by atoms with E-state index in [9.17, 15) is 14.2 Å². The van der Waals surface area contributed by atoms with Crippen molar-refractivity contribution >= 4 is 29.6 Å². The lowest BCUT2D eigenvalue weighted by Gasteiger charge is -2.27. The number of hydrogen-bond acceptors (Lipinski definition) is 4. The van der Waals surface area contributed by atoms with Gasteiger partial charge in [0.25, 0.3) is 5.91 Å². The molecule has 27 heavy (non-hydrogen) atoms.